The molecule has 1 atom stereocenters. The molecule has 1 unspecified atom stereocenters. The monoisotopic (exact) mass is 325 g/mol. The molecule has 3 rings (SSSR count). The smallest absolute Gasteiger partial charge is 0.272 e. The van der Waals surface area contributed by atoms with Gasteiger partial charge in [0.2, 0.25) is 6.39 Å². The topological polar surface area (TPSA) is 77.0 Å². The van der Waals surface area contributed by atoms with Crippen LogP contribution in [0.5, 0.6) is 0 Å². The van der Waals surface area contributed by atoms with E-state index in [1.807, 2.05) is 0 Å². The van der Waals surface area contributed by atoms with Gasteiger partial charge in [0.25, 0.3) is 12.3 Å². The molecule has 0 N–H and O–H groups in total. The van der Waals surface area contributed by atoms with Crippen LogP contribution in [0.4, 0.5) is 8.78 Å². The van der Waals surface area contributed by atoms with E-state index in [0.717, 1.165) is 23.9 Å². The van der Waals surface area contributed by atoms with Gasteiger partial charge in [0.05, 0.1) is 6.04 Å². The number of alkyl halides is 2. The SMILES string of the molecule is O=C(c1ccnn1CC(F)F)N1CCCCCC1c1ncon1. The molecule has 1 aliphatic heterocycles. The van der Waals surface area contributed by atoms with Gasteiger partial charge in [-0.2, -0.15) is 10.1 Å². The van der Waals surface area contributed by atoms with Crippen LogP contribution in [0.25, 0.3) is 0 Å². The minimum atomic E-state index is -2.57. The maximum absolute atomic E-state index is 12.9. The lowest BCUT2D eigenvalue weighted by molar-refractivity contribution is 0.0646. The Kier molecular flexibility index (Phi) is 4.63. The Bertz CT molecular complexity index is 643. The van der Waals surface area contributed by atoms with Gasteiger partial charge in [-0.3, -0.25) is 9.48 Å². The molecule has 3 heterocycles. The molecule has 0 bridgehead atoms. The van der Waals surface area contributed by atoms with Crippen LogP contribution in [0.3, 0.4) is 0 Å². The van der Waals surface area contributed by atoms with Gasteiger partial charge in [-0.05, 0) is 18.9 Å². The Hall–Kier alpha value is -2.32. The zero-order chi connectivity index (χ0) is 16.2. The molecule has 1 amide bonds. The first kappa shape index (κ1) is 15.6. The highest BCUT2D eigenvalue weighted by Gasteiger charge is 2.32. The highest BCUT2D eigenvalue weighted by molar-refractivity contribution is 5.92. The van der Waals surface area contributed by atoms with Crippen molar-refractivity contribution in [2.75, 3.05) is 6.54 Å². The Morgan fingerprint density at radius 3 is 3.00 bits per heavy atom. The lowest BCUT2D eigenvalue weighted by atomic mass is 10.1. The second-order valence-corrected chi connectivity index (χ2v) is 5.44. The van der Waals surface area contributed by atoms with Crippen molar-refractivity contribution in [3.63, 3.8) is 0 Å². The van der Waals surface area contributed by atoms with E-state index in [1.165, 1.54) is 18.7 Å². The molecule has 9 heteroatoms. The van der Waals surface area contributed by atoms with Crippen molar-refractivity contribution in [3.8, 4) is 0 Å². The molecule has 1 saturated heterocycles. The van der Waals surface area contributed by atoms with Crippen molar-refractivity contribution in [3.05, 3.63) is 30.2 Å². The van der Waals surface area contributed by atoms with E-state index >= 15 is 0 Å². The predicted molar refractivity (Wildman–Crippen MR) is 74.8 cm³/mol. The van der Waals surface area contributed by atoms with E-state index in [1.54, 1.807) is 4.90 Å². The predicted octanol–water partition coefficient (Wildman–Crippen LogP) is 2.29. The summed E-state index contributed by atoms with van der Waals surface area (Å²) in [6, 6.07) is 1.15. The average molecular weight is 325 g/mol. The Balaban J connectivity index is 1.87. The van der Waals surface area contributed by atoms with Crippen molar-refractivity contribution in [1.29, 1.82) is 0 Å². The van der Waals surface area contributed by atoms with E-state index < -0.39 is 13.0 Å². The van der Waals surface area contributed by atoms with Crippen LogP contribution in [0.15, 0.2) is 23.2 Å². The molecule has 7 nitrogen and oxygen atoms in total. The molecule has 0 spiro atoms. The number of aromatic nitrogens is 4. The zero-order valence-corrected chi connectivity index (χ0v) is 12.4. The fraction of sp³-hybridized carbons (Fsp3) is 0.571. The second-order valence-electron chi connectivity index (χ2n) is 5.44. The lowest BCUT2D eigenvalue weighted by Crippen LogP contribution is -2.37. The molecule has 1 fully saturated rings. The van der Waals surface area contributed by atoms with E-state index in [2.05, 4.69) is 15.2 Å². The molecule has 0 aliphatic carbocycles. The average Bonchev–Trinajstić information content (AvgIpc) is 3.14. The second kappa shape index (κ2) is 6.84. The molecular weight excluding hydrogens is 308 g/mol. The number of halogens is 2. The van der Waals surface area contributed by atoms with Gasteiger partial charge in [-0.1, -0.05) is 18.0 Å². The number of likely N-dealkylation sites (tertiary alicyclic amines) is 1. The van der Waals surface area contributed by atoms with Gasteiger partial charge in [0.15, 0.2) is 5.82 Å². The van der Waals surface area contributed by atoms with Crippen molar-refractivity contribution in [1.82, 2.24) is 24.8 Å². The van der Waals surface area contributed by atoms with Gasteiger partial charge >= 0.3 is 0 Å². The standard InChI is InChI=1S/C14H17F2N5O2/c15-12(16)8-21-11(5-6-18-21)14(22)20-7-3-1-2-4-10(20)13-17-9-23-19-13/h5-6,9-10,12H,1-4,7-8H2. The van der Waals surface area contributed by atoms with Crippen LogP contribution < -0.4 is 0 Å². The Labute approximate surface area is 131 Å². The van der Waals surface area contributed by atoms with Gasteiger partial charge in [0.1, 0.15) is 12.2 Å². The number of rotatable bonds is 4. The highest BCUT2D eigenvalue weighted by atomic mass is 19.3. The number of nitrogens with zero attached hydrogens (tertiary/aromatic N) is 5. The largest absolute Gasteiger partial charge is 0.343 e. The van der Waals surface area contributed by atoms with Crippen molar-refractivity contribution in [2.45, 2.75) is 44.7 Å². The van der Waals surface area contributed by atoms with Crippen molar-refractivity contribution < 1.29 is 18.1 Å². The number of carbonyl (C=O) groups excluding carboxylic acids is 1. The molecule has 2 aromatic heterocycles. The summed E-state index contributed by atoms with van der Waals surface area (Å²) in [5, 5.41) is 7.67. The van der Waals surface area contributed by atoms with Gasteiger partial charge in [-0.15, -0.1) is 0 Å². The summed E-state index contributed by atoms with van der Waals surface area (Å²) >= 11 is 0. The third-order valence-electron chi connectivity index (χ3n) is 3.94. The van der Waals surface area contributed by atoms with Crippen LogP contribution in [-0.2, 0) is 6.54 Å². The summed E-state index contributed by atoms with van der Waals surface area (Å²) in [5.74, 6) is 0.111. The van der Waals surface area contributed by atoms with Crippen LogP contribution in [-0.4, -0.2) is 43.7 Å². The third-order valence-corrected chi connectivity index (χ3v) is 3.94. The molecule has 23 heavy (non-hydrogen) atoms. The summed E-state index contributed by atoms with van der Waals surface area (Å²) in [6.45, 7) is -0.0767. The summed E-state index contributed by atoms with van der Waals surface area (Å²) in [5.41, 5.74) is 0.153. The van der Waals surface area contributed by atoms with Crippen molar-refractivity contribution in [2.24, 2.45) is 0 Å². The van der Waals surface area contributed by atoms with Gasteiger partial charge in [-0.25, -0.2) is 8.78 Å². The highest BCUT2D eigenvalue weighted by Crippen LogP contribution is 2.29. The van der Waals surface area contributed by atoms with E-state index in [4.69, 9.17) is 4.52 Å². The number of hydrogen-bond acceptors (Lipinski definition) is 5. The zero-order valence-electron chi connectivity index (χ0n) is 12.4. The van der Waals surface area contributed by atoms with E-state index in [-0.39, 0.29) is 17.6 Å². The number of carbonyl (C=O) groups is 1. The van der Waals surface area contributed by atoms with Crippen LogP contribution in [0.2, 0.25) is 0 Å². The third kappa shape index (κ3) is 3.38. The van der Waals surface area contributed by atoms with E-state index in [9.17, 15) is 13.6 Å². The quantitative estimate of drug-likeness (QED) is 0.862. The van der Waals surface area contributed by atoms with Crippen LogP contribution in [0.1, 0.15) is 48.0 Å². The minimum Gasteiger partial charge on any atom is -0.343 e. The van der Waals surface area contributed by atoms with E-state index in [0.29, 0.717) is 18.8 Å². The van der Waals surface area contributed by atoms with Crippen LogP contribution in [0, 0.1) is 0 Å². The number of hydrogen-bond donors (Lipinski definition) is 0. The molecule has 0 radical (unpaired) electrons. The summed E-state index contributed by atoms with van der Waals surface area (Å²) < 4.78 is 31.1. The Morgan fingerprint density at radius 1 is 1.39 bits per heavy atom. The number of amides is 1. The molecule has 1 aliphatic rings. The minimum absolute atomic E-state index is 0.153. The maximum Gasteiger partial charge on any atom is 0.272 e. The van der Waals surface area contributed by atoms with Gasteiger partial charge < -0.3 is 9.42 Å². The molecule has 124 valence electrons. The first-order chi connectivity index (χ1) is 11.2. The molecule has 0 saturated carbocycles. The molecule has 2 aromatic rings. The first-order valence-electron chi connectivity index (χ1n) is 7.54. The lowest BCUT2D eigenvalue weighted by Gasteiger charge is -2.27. The maximum atomic E-state index is 12.9. The molecule has 0 aromatic carbocycles. The van der Waals surface area contributed by atoms with Crippen LogP contribution >= 0.6 is 0 Å². The Morgan fingerprint density at radius 2 is 2.26 bits per heavy atom. The summed E-state index contributed by atoms with van der Waals surface area (Å²) in [7, 11) is 0. The summed E-state index contributed by atoms with van der Waals surface area (Å²) in [4.78, 5) is 18.5. The van der Waals surface area contributed by atoms with Gasteiger partial charge in [0, 0.05) is 12.7 Å². The molecular formula is C14H17F2N5O2. The first-order valence-corrected chi connectivity index (χ1v) is 7.54. The normalized spacial score (nSPS) is 19.1. The van der Waals surface area contributed by atoms with Crippen molar-refractivity contribution >= 4 is 5.91 Å². The fourth-order valence-corrected chi connectivity index (χ4v) is 2.88. The summed E-state index contributed by atoms with van der Waals surface area (Å²) in [6.07, 6.45) is 3.52. The fourth-order valence-electron chi connectivity index (χ4n) is 2.88.